The van der Waals surface area contributed by atoms with Crippen LogP contribution in [0, 0.1) is 0 Å². The summed E-state index contributed by atoms with van der Waals surface area (Å²) in [5.41, 5.74) is 0. The Balaban J connectivity index is 2.00. The van der Waals surface area contributed by atoms with Crippen molar-refractivity contribution in [1.29, 1.82) is 0 Å². The van der Waals surface area contributed by atoms with Gasteiger partial charge in [-0.3, -0.25) is 0 Å². The van der Waals surface area contributed by atoms with Crippen molar-refractivity contribution in [2.75, 3.05) is 19.0 Å². The van der Waals surface area contributed by atoms with Gasteiger partial charge in [-0.25, -0.2) is 0 Å². The molecule has 0 aromatic heterocycles. The number of hydrogen-bond donors (Lipinski definition) is 1. The van der Waals surface area contributed by atoms with Crippen LogP contribution in [0.1, 0.15) is 6.42 Å². The Kier molecular flexibility index (Phi) is 4.46. The first-order chi connectivity index (χ1) is 8.97. The van der Waals surface area contributed by atoms with E-state index in [2.05, 4.69) is 0 Å². The molecule has 1 N–H and O–H groups in total. The van der Waals surface area contributed by atoms with E-state index in [0.717, 1.165) is 18.2 Å². The second-order valence-corrected chi connectivity index (χ2v) is 5.12. The minimum Gasteiger partial charge on any atom is -0.490 e. The molecule has 0 spiro atoms. The first-order valence-corrected chi connectivity index (χ1v) is 6.72. The molecule has 1 aromatic carbocycles. The summed E-state index contributed by atoms with van der Waals surface area (Å²) in [6.45, 7) is 1.08. The Hall–Kier alpha value is -1.08. The van der Waals surface area contributed by atoms with E-state index in [1.807, 2.05) is 0 Å². The highest BCUT2D eigenvalue weighted by Crippen LogP contribution is 2.35. The van der Waals surface area contributed by atoms with Crippen molar-refractivity contribution in [3.05, 3.63) is 18.2 Å². The molecule has 7 heteroatoms. The van der Waals surface area contributed by atoms with Crippen molar-refractivity contribution >= 4 is 11.8 Å². The second kappa shape index (κ2) is 5.92. The highest BCUT2D eigenvalue weighted by molar-refractivity contribution is 7.99. The van der Waals surface area contributed by atoms with Gasteiger partial charge in [0.25, 0.3) is 0 Å². The van der Waals surface area contributed by atoms with Crippen LogP contribution in [-0.4, -0.2) is 36.4 Å². The van der Waals surface area contributed by atoms with Crippen LogP contribution in [0.25, 0.3) is 0 Å². The lowest BCUT2D eigenvalue weighted by atomic mass is 10.3. The first kappa shape index (κ1) is 14.3. The fraction of sp³-hybridized carbons (Fsp3) is 0.500. The summed E-state index contributed by atoms with van der Waals surface area (Å²) in [5.74, 6) is 0.686. The van der Waals surface area contributed by atoms with E-state index in [0.29, 0.717) is 29.6 Å². The van der Waals surface area contributed by atoms with Crippen molar-refractivity contribution in [3.8, 4) is 11.5 Å². The molecule has 106 valence electrons. The van der Waals surface area contributed by atoms with Crippen LogP contribution < -0.4 is 9.47 Å². The molecule has 1 aliphatic heterocycles. The molecular weight excluding hydrogens is 281 g/mol. The van der Waals surface area contributed by atoms with Crippen molar-refractivity contribution in [1.82, 2.24) is 0 Å². The summed E-state index contributed by atoms with van der Waals surface area (Å²) in [6, 6.07) is 4.96. The Morgan fingerprint density at radius 1 is 1.21 bits per heavy atom. The lowest BCUT2D eigenvalue weighted by Gasteiger charge is -2.14. The summed E-state index contributed by atoms with van der Waals surface area (Å²) in [7, 11) is 0. The maximum atomic E-state index is 12.2. The van der Waals surface area contributed by atoms with Gasteiger partial charge in [-0.05, 0) is 18.2 Å². The largest absolute Gasteiger partial charge is 0.490 e. The average molecular weight is 294 g/mol. The summed E-state index contributed by atoms with van der Waals surface area (Å²) in [5, 5.41) is 8.93. The third-order valence-corrected chi connectivity index (χ3v) is 3.57. The highest BCUT2D eigenvalue weighted by Gasteiger charge is 2.37. The fourth-order valence-corrected chi connectivity index (χ4v) is 2.40. The molecule has 1 aromatic rings. The Morgan fingerprint density at radius 3 is 2.58 bits per heavy atom. The number of aliphatic hydroxyl groups excluding tert-OH is 1. The van der Waals surface area contributed by atoms with Crippen LogP contribution in [0.3, 0.4) is 0 Å². The van der Waals surface area contributed by atoms with Crippen molar-refractivity contribution < 1.29 is 27.8 Å². The smallest absolute Gasteiger partial charge is 0.415 e. The van der Waals surface area contributed by atoms with Crippen LogP contribution in [0.2, 0.25) is 0 Å². The number of thioether (sulfide) groups is 1. The van der Waals surface area contributed by atoms with E-state index in [1.165, 1.54) is 0 Å². The number of halogens is 3. The van der Waals surface area contributed by atoms with Crippen molar-refractivity contribution in [3.63, 3.8) is 0 Å². The average Bonchev–Trinajstić information content (AvgIpc) is 2.59. The van der Waals surface area contributed by atoms with E-state index in [-0.39, 0.29) is 0 Å². The zero-order valence-corrected chi connectivity index (χ0v) is 10.8. The van der Waals surface area contributed by atoms with Gasteiger partial charge in [0.05, 0.1) is 13.2 Å². The molecule has 0 amide bonds. The van der Waals surface area contributed by atoms with Crippen molar-refractivity contribution in [2.24, 2.45) is 0 Å². The number of aliphatic hydroxyl groups is 1. The quantitative estimate of drug-likeness (QED) is 0.870. The van der Waals surface area contributed by atoms with Gasteiger partial charge in [-0.15, -0.1) is 11.8 Å². The number of rotatable bonds is 3. The topological polar surface area (TPSA) is 38.7 Å². The molecule has 3 nitrogen and oxygen atoms in total. The van der Waals surface area contributed by atoms with Crippen LogP contribution >= 0.6 is 11.8 Å². The molecule has 0 fully saturated rings. The number of hydrogen-bond acceptors (Lipinski definition) is 4. The predicted octanol–water partition coefficient (Wildman–Crippen LogP) is 2.86. The minimum atomic E-state index is -4.59. The van der Waals surface area contributed by atoms with E-state index < -0.39 is 18.0 Å². The van der Waals surface area contributed by atoms with E-state index in [9.17, 15) is 13.2 Å². The molecule has 1 unspecified atom stereocenters. The lowest BCUT2D eigenvalue weighted by Crippen LogP contribution is -2.30. The third-order valence-electron chi connectivity index (χ3n) is 2.50. The monoisotopic (exact) mass is 294 g/mol. The predicted molar refractivity (Wildman–Crippen MR) is 64.8 cm³/mol. The zero-order chi connectivity index (χ0) is 13.9. The zero-order valence-electron chi connectivity index (χ0n) is 9.94. The minimum absolute atomic E-state index is 0.441. The van der Waals surface area contributed by atoms with E-state index in [1.54, 1.807) is 18.2 Å². The van der Waals surface area contributed by atoms with Crippen LogP contribution in [0.5, 0.6) is 11.5 Å². The molecule has 0 aliphatic carbocycles. The van der Waals surface area contributed by atoms with Gasteiger partial charge in [0.15, 0.2) is 17.6 Å². The number of ether oxygens (including phenoxy) is 2. The molecule has 0 radical (unpaired) electrons. The molecule has 0 bridgehead atoms. The highest BCUT2D eigenvalue weighted by atomic mass is 32.2. The summed E-state index contributed by atoms with van der Waals surface area (Å²) < 4.78 is 47.4. The van der Waals surface area contributed by atoms with Gasteiger partial charge in [-0.2, -0.15) is 13.2 Å². The molecule has 19 heavy (non-hydrogen) atoms. The van der Waals surface area contributed by atoms with Gasteiger partial charge in [0.1, 0.15) is 0 Å². The SMILES string of the molecule is OC(CSc1ccc2c(c1)OCCCO2)C(F)(F)F. The molecule has 1 atom stereocenters. The van der Waals surface area contributed by atoms with Gasteiger partial charge < -0.3 is 14.6 Å². The molecule has 0 saturated heterocycles. The van der Waals surface area contributed by atoms with Crippen LogP contribution in [0.15, 0.2) is 23.1 Å². The lowest BCUT2D eigenvalue weighted by molar-refractivity contribution is -0.195. The number of fused-ring (bicyclic) bond motifs is 1. The standard InChI is InChI=1S/C12H13F3O3S/c13-12(14,15)11(16)7-19-8-2-3-9-10(6-8)18-5-1-4-17-9/h2-3,6,11,16H,1,4-5,7H2. The van der Waals surface area contributed by atoms with E-state index in [4.69, 9.17) is 14.6 Å². The van der Waals surface area contributed by atoms with Gasteiger partial charge >= 0.3 is 6.18 Å². The van der Waals surface area contributed by atoms with Gasteiger partial charge in [0.2, 0.25) is 0 Å². The van der Waals surface area contributed by atoms with Gasteiger partial charge in [0, 0.05) is 17.1 Å². The fourth-order valence-electron chi connectivity index (χ4n) is 1.50. The molecule has 1 aliphatic rings. The Morgan fingerprint density at radius 2 is 1.89 bits per heavy atom. The first-order valence-electron chi connectivity index (χ1n) is 5.74. The molecule has 2 rings (SSSR count). The summed E-state index contributed by atoms with van der Waals surface area (Å²) in [6.07, 6.45) is -6.14. The van der Waals surface area contributed by atoms with Crippen LogP contribution in [-0.2, 0) is 0 Å². The van der Waals surface area contributed by atoms with E-state index >= 15 is 0 Å². The Labute approximate surface area is 112 Å². The van der Waals surface area contributed by atoms with Gasteiger partial charge in [-0.1, -0.05) is 0 Å². The maximum Gasteiger partial charge on any atom is 0.415 e. The van der Waals surface area contributed by atoms with Crippen molar-refractivity contribution in [2.45, 2.75) is 23.6 Å². The number of alkyl halides is 3. The Bertz CT molecular complexity index is 437. The summed E-state index contributed by atoms with van der Waals surface area (Å²) >= 11 is 0.929. The second-order valence-electron chi connectivity index (χ2n) is 4.03. The normalized spacial score (nSPS) is 16.8. The van der Waals surface area contributed by atoms with Crippen LogP contribution in [0.4, 0.5) is 13.2 Å². The molecular formula is C12H13F3O3S. The third kappa shape index (κ3) is 3.94. The summed E-state index contributed by atoms with van der Waals surface area (Å²) in [4.78, 5) is 0.604. The molecule has 1 heterocycles. The number of benzene rings is 1. The maximum absolute atomic E-state index is 12.2. The molecule has 0 saturated carbocycles.